The highest BCUT2D eigenvalue weighted by Gasteiger charge is 2.21. The second-order valence-electron chi connectivity index (χ2n) is 4.12. The van der Waals surface area contributed by atoms with Crippen molar-refractivity contribution < 1.29 is 14.3 Å². The lowest BCUT2D eigenvalue weighted by Crippen LogP contribution is -2.05. The molecule has 0 N–H and O–H groups in total. The first-order valence-corrected chi connectivity index (χ1v) is 7.03. The van der Waals surface area contributed by atoms with Gasteiger partial charge in [-0.15, -0.1) is 0 Å². The minimum atomic E-state index is -0.307. The smallest absolute Gasteiger partial charge is 0.198 e. The molecule has 0 amide bonds. The molecule has 0 aromatic heterocycles. The molecule has 6 heteroatoms. The lowest BCUT2D eigenvalue weighted by atomic mass is 10.0. The summed E-state index contributed by atoms with van der Waals surface area (Å²) in [5.74, 6) is 0.359. The number of rotatable bonds is 4. The van der Waals surface area contributed by atoms with Crippen molar-refractivity contribution in [2.24, 2.45) is 0 Å². The van der Waals surface area contributed by atoms with Crippen LogP contribution < -0.4 is 9.47 Å². The second kappa shape index (κ2) is 6.56. The van der Waals surface area contributed by atoms with Crippen molar-refractivity contribution in [2.45, 2.75) is 0 Å². The molecule has 0 bridgehead atoms. The summed E-state index contributed by atoms with van der Waals surface area (Å²) >= 11 is 18.1. The number of carbonyl (C=O) groups is 1. The van der Waals surface area contributed by atoms with Crippen molar-refractivity contribution in [2.75, 3.05) is 14.2 Å². The number of hydrogen-bond acceptors (Lipinski definition) is 3. The molecular formula is C15H11Cl3O3. The predicted octanol–water partition coefficient (Wildman–Crippen LogP) is 4.90. The van der Waals surface area contributed by atoms with Crippen LogP contribution in [0.25, 0.3) is 0 Å². The molecule has 0 radical (unpaired) electrons. The molecule has 0 heterocycles. The quantitative estimate of drug-likeness (QED) is 0.740. The zero-order valence-corrected chi connectivity index (χ0v) is 13.5. The molecule has 110 valence electrons. The summed E-state index contributed by atoms with van der Waals surface area (Å²) in [5.41, 5.74) is 0.619. The van der Waals surface area contributed by atoms with Gasteiger partial charge in [-0.05, 0) is 30.3 Å². The van der Waals surface area contributed by atoms with Crippen LogP contribution in [-0.4, -0.2) is 20.0 Å². The summed E-state index contributed by atoms with van der Waals surface area (Å²) in [6.45, 7) is 0. The van der Waals surface area contributed by atoms with Crippen molar-refractivity contribution in [3.63, 3.8) is 0 Å². The summed E-state index contributed by atoms with van der Waals surface area (Å²) in [7, 11) is 2.92. The molecule has 0 spiro atoms. The van der Waals surface area contributed by atoms with Gasteiger partial charge in [0.15, 0.2) is 11.5 Å². The van der Waals surface area contributed by atoms with E-state index in [0.717, 1.165) is 0 Å². The summed E-state index contributed by atoms with van der Waals surface area (Å²) in [6, 6.07) is 7.84. The van der Waals surface area contributed by atoms with Crippen LogP contribution in [0.3, 0.4) is 0 Å². The van der Waals surface area contributed by atoms with Crippen LogP contribution in [0.1, 0.15) is 15.9 Å². The molecule has 3 nitrogen and oxygen atoms in total. The number of carbonyl (C=O) groups excluding carboxylic acids is 1. The fraction of sp³-hybridized carbons (Fsp3) is 0.133. The number of ether oxygens (including phenoxy) is 2. The summed E-state index contributed by atoms with van der Waals surface area (Å²) in [4.78, 5) is 12.6. The first kappa shape index (κ1) is 16.0. The average Bonchev–Trinajstić information content (AvgIpc) is 2.46. The summed E-state index contributed by atoms with van der Waals surface area (Å²) in [5, 5.41) is 0.953. The van der Waals surface area contributed by atoms with Crippen molar-refractivity contribution in [3.05, 3.63) is 56.5 Å². The van der Waals surface area contributed by atoms with Gasteiger partial charge in [-0.3, -0.25) is 4.79 Å². The van der Waals surface area contributed by atoms with Gasteiger partial charge in [-0.1, -0.05) is 34.8 Å². The molecule has 0 saturated carbocycles. The van der Waals surface area contributed by atoms with E-state index in [2.05, 4.69) is 0 Å². The van der Waals surface area contributed by atoms with Crippen molar-refractivity contribution >= 4 is 40.6 Å². The van der Waals surface area contributed by atoms with Gasteiger partial charge in [-0.25, -0.2) is 0 Å². The van der Waals surface area contributed by atoms with Gasteiger partial charge in [0.25, 0.3) is 0 Å². The standard InChI is InChI=1S/C15H11Cl3O3/c1-20-12-6-5-10(15(21-2)13(12)18)14(19)9-4-3-8(16)7-11(9)17/h3-7H,1-2H3. The predicted molar refractivity (Wildman–Crippen MR) is 84.5 cm³/mol. The van der Waals surface area contributed by atoms with E-state index in [1.54, 1.807) is 24.3 Å². The monoisotopic (exact) mass is 344 g/mol. The molecular weight excluding hydrogens is 335 g/mol. The van der Waals surface area contributed by atoms with E-state index >= 15 is 0 Å². The maximum Gasteiger partial charge on any atom is 0.198 e. The SMILES string of the molecule is COc1ccc(C(=O)c2ccc(Cl)cc2Cl)c(OC)c1Cl. The Kier molecular flexibility index (Phi) is 4.99. The zero-order valence-electron chi connectivity index (χ0n) is 11.2. The lowest BCUT2D eigenvalue weighted by molar-refractivity contribution is 0.103. The molecule has 0 aliphatic carbocycles. The maximum atomic E-state index is 12.6. The number of methoxy groups -OCH3 is 2. The van der Waals surface area contributed by atoms with Crippen LogP contribution in [0.15, 0.2) is 30.3 Å². The van der Waals surface area contributed by atoms with Crippen molar-refractivity contribution in [1.29, 1.82) is 0 Å². The first-order valence-electron chi connectivity index (χ1n) is 5.89. The second-order valence-corrected chi connectivity index (χ2v) is 5.34. The van der Waals surface area contributed by atoms with E-state index in [1.807, 2.05) is 0 Å². The Morgan fingerprint density at radius 1 is 0.952 bits per heavy atom. The third kappa shape index (κ3) is 3.10. The fourth-order valence-corrected chi connectivity index (χ4v) is 2.71. The molecule has 0 atom stereocenters. The van der Waals surface area contributed by atoms with Crippen LogP contribution in [0.2, 0.25) is 15.1 Å². The van der Waals surface area contributed by atoms with Crippen molar-refractivity contribution in [1.82, 2.24) is 0 Å². The van der Waals surface area contributed by atoms with E-state index in [4.69, 9.17) is 44.3 Å². The van der Waals surface area contributed by atoms with E-state index < -0.39 is 0 Å². The van der Waals surface area contributed by atoms with Gasteiger partial charge in [0.05, 0.1) is 24.8 Å². The van der Waals surface area contributed by atoms with E-state index in [1.165, 1.54) is 20.3 Å². The molecule has 0 fully saturated rings. The highest BCUT2D eigenvalue weighted by atomic mass is 35.5. The van der Waals surface area contributed by atoms with E-state index in [9.17, 15) is 4.79 Å². The van der Waals surface area contributed by atoms with Gasteiger partial charge >= 0.3 is 0 Å². The van der Waals surface area contributed by atoms with Gasteiger partial charge in [-0.2, -0.15) is 0 Å². The molecule has 2 aromatic rings. The average molecular weight is 346 g/mol. The van der Waals surface area contributed by atoms with Crippen LogP contribution in [-0.2, 0) is 0 Å². The Bertz CT molecular complexity index is 699. The molecule has 2 aromatic carbocycles. The molecule has 21 heavy (non-hydrogen) atoms. The van der Waals surface area contributed by atoms with Gasteiger partial charge < -0.3 is 9.47 Å². The van der Waals surface area contributed by atoms with Crippen LogP contribution >= 0.6 is 34.8 Å². The fourth-order valence-electron chi connectivity index (χ4n) is 1.89. The summed E-state index contributed by atoms with van der Waals surface area (Å²) in [6.07, 6.45) is 0. The topological polar surface area (TPSA) is 35.5 Å². The Morgan fingerprint density at radius 2 is 1.62 bits per heavy atom. The maximum absolute atomic E-state index is 12.6. The largest absolute Gasteiger partial charge is 0.495 e. The molecule has 0 saturated heterocycles. The third-order valence-electron chi connectivity index (χ3n) is 2.91. The molecule has 0 aliphatic rings. The normalized spacial score (nSPS) is 10.3. The van der Waals surface area contributed by atoms with E-state index in [0.29, 0.717) is 21.9 Å². The van der Waals surface area contributed by atoms with E-state index in [-0.39, 0.29) is 21.6 Å². The van der Waals surface area contributed by atoms with Crippen LogP contribution in [0.5, 0.6) is 11.5 Å². The Hall–Kier alpha value is -1.42. The Balaban J connectivity index is 2.55. The van der Waals surface area contributed by atoms with Gasteiger partial charge in [0, 0.05) is 10.6 Å². The number of hydrogen-bond donors (Lipinski definition) is 0. The third-order valence-corrected chi connectivity index (χ3v) is 3.81. The van der Waals surface area contributed by atoms with Gasteiger partial charge in [0.1, 0.15) is 10.8 Å². The Morgan fingerprint density at radius 3 is 2.19 bits per heavy atom. The summed E-state index contributed by atoms with van der Waals surface area (Å²) < 4.78 is 10.3. The highest BCUT2D eigenvalue weighted by molar-refractivity contribution is 6.38. The molecule has 0 aliphatic heterocycles. The minimum Gasteiger partial charge on any atom is -0.495 e. The van der Waals surface area contributed by atoms with Crippen LogP contribution in [0, 0.1) is 0 Å². The number of halogens is 3. The van der Waals surface area contributed by atoms with Crippen LogP contribution in [0.4, 0.5) is 0 Å². The number of ketones is 1. The molecule has 2 rings (SSSR count). The van der Waals surface area contributed by atoms with Gasteiger partial charge in [0.2, 0.25) is 0 Å². The number of benzene rings is 2. The molecule has 0 unspecified atom stereocenters. The lowest BCUT2D eigenvalue weighted by Gasteiger charge is -2.13. The highest BCUT2D eigenvalue weighted by Crippen LogP contribution is 2.38. The zero-order chi connectivity index (χ0) is 15.6. The first-order chi connectivity index (χ1) is 9.99. The Labute approximate surface area is 137 Å². The van der Waals surface area contributed by atoms with Crippen molar-refractivity contribution in [3.8, 4) is 11.5 Å². The minimum absolute atomic E-state index is 0.232.